The van der Waals surface area contributed by atoms with Gasteiger partial charge in [-0.3, -0.25) is 0 Å². The summed E-state index contributed by atoms with van der Waals surface area (Å²) in [5.41, 5.74) is 5.25. The van der Waals surface area contributed by atoms with E-state index in [1.807, 2.05) is 17.8 Å². The fraction of sp³-hybridized carbons (Fsp3) is 0.226. The molecule has 0 saturated heterocycles. The second-order valence-electron chi connectivity index (χ2n) is 8.98. The molecule has 1 nitrogen and oxygen atoms in total. The molecule has 1 unspecified atom stereocenters. The van der Waals surface area contributed by atoms with E-state index in [-0.39, 0.29) is 6.10 Å². The van der Waals surface area contributed by atoms with E-state index >= 15 is 0 Å². The Balaban J connectivity index is 0.000000351. The van der Waals surface area contributed by atoms with Crippen LogP contribution in [0.1, 0.15) is 41.2 Å². The van der Waals surface area contributed by atoms with Crippen molar-refractivity contribution < 1.29 is 4.74 Å². The Bertz CT molecular complexity index is 1370. The number of allylic oxidation sites excluding steroid dienone is 2. The summed E-state index contributed by atoms with van der Waals surface area (Å²) in [6.07, 6.45) is 9.73. The summed E-state index contributed by atoms with van der Waals surface area (Å²) in [5.74, 6) is 2.12. The third-order valence-corrected chi connectivity index (χ3v) is 8.58. The molecule has 4 aromatic carbocycles. The number of fused-ring (bicyclic) bond motifs is 5. The first kappa shape index (κ1) is 23.3. The molecule has 0 bridgehead atoms. The van der Waals surface area contributed by atoms with E-state index in [4.69, 9.17) is 4.74 Å². The molecule has 4 aromatic rings. The first-order valence-corrected chi connectivity index (χ1v) is 13.8. The van der Waals surface area contributed by atoms with Crippen LogP contribution in [0.15, 0.2) is 88.8 Å². The Morgan fingerprint density at radius 1 is 0.882 bits per heavy atom. The SMILES string of the molecule is C1=CCSC=C1.Cc1cc(OC2CCCc3ccc4c(ccc5ccccc54)c32)cc(C)c1Br. The maximum Gasteiger partial charge on any atom is 0.125 e. The lowest BCUT2D eigenvalue weighted by Crippen LogP contribution is -2.16. The second-order valence-corrected chi connectivity index (χ2v) is 10.7. The van der Waals surface area contributed by atoms with Crippen LogP contribution in [0.2, 0.25) is 0 Å². The summed E-state index contributed by atoms with van der Waals surface area (Å²) >= 11 is 5.49. The molecule has 0 fully saturated rings. The molecule has 2 aliphatic rings. The minimum atomic E-state index is 0.105. The van der Waals surface area contributed by atoms with Crippen LogP contribution >= 0.6 is 27.7 Å². The van der Waals surface area contributed by atoms with Gasteiger partial charge in [0.05, 0.1) is 0 Å². The number of thioether (sulfide) groups is 1. The smallest absolute Gasteiger partial charge is 0.125 e. The molecule has 3 heteroatoms. The van der Waals surface area contributed by atoms with Crippen molar-refractivity contribution >= 4 is 49.2 Å². The minimum absolute atomic E-state index is 0.105. The van der Waals surface area contributed by atoms with Gasteiger partial charge in [0.25, 0.3) is 0 Å². The lowest BCUT2D eigenvalue weighted by atomic mass is 9.84. The topological polar surface area (TPSA) is 9.23 Å². The maximum atomic E-state index is 6.60. The van der Waals surface area contributed by atoms with Gasteiger partial charge in [-0.05, 0) is 88.9 Å². The van der Waals surface area contributed by atoms with Gasteiger partial charge < -0.3 is 4.74 Å². The lowest BCUT2D eigenvalue weighted by Gasteiger charge is -2.28. The summed E-state index contributed by atoms with van der Waals surface area (Å²) in [6, 6.07) is 22.1. The van der Waals surface area contributed by atoms with Crippen molar-refractivity contribution in [2.75, 3.05) is 5.75 Å². The summed E-state index contributed by atoms with van der Waals surface area (Å²) in [4.78, 5) is 0. The third-order valence-electron chi connectivity index (χ3n) is 6.60. The van der Waals surface area contributed by atoms with Gasteiger partial charge in [0.1, 0.15) is 11.9 Å². The standard InChI is InChI=1S/C26H23BrO.C5H6S/c1-16-14-20(15-17(2)26(16)27)28-24-9-5-7-19-11-12-22-21-8-4-3-6-18(21)10-13-23(22)25(19)24;1-2-4-6-5-3-1/h3-4,6,8,10-15,24H,5,7,9H2,1-2H3;1-4H,5H2. The zero-order chi connectivity index (χ0) is 23.5. The Morgan fingerprint density at radius 2 is 1.68 bits per heavy atom. The highest BCUT2D eigenvalue weighted by Gasteiger charge is 2.25. The van der Waals surface area contributed by atoms with Gasteiger partial charge in [0.15, 0.2) is 0 Å². The highest BCUT2D eigenvalue weighted by atomic mass is 79.9. The summed E-state index contributed by atoms with van der Waals surface area (Å²) in [7, 11) is 0. The molecule has 0 radical (unpaired) electrons. The quantitative estimate of drug-likeness (QED) is 0.239. The highest BCUT2D eigenvalue weighted by molar-refractivity contribution is 9.10. The first-order chi connectivity index (χ1) is 16.6. The zero-order valence-corrected chi connectivity index (χ0v) is 22.1. The van der Waals surface area contributed by atoms with Crippen molar-refractivity contribution in [2.24, 2.45) is 0 Å². The number of rotatable bonds is 2. The molecular formula is C31H29BrOS. The highest BCUT2D eigenvalue weighted by Crippen LogP contribution is 2.40. The number of hydrogen-bond donors (Lipinski definition) is 0. The molecule has 0 aromatic heterocycles. The van der Waals surface area contributed by atoms with Crippen molar-refractivity contribution in [1.82, 2.24) is 0 Å². The summed E-state index contributed by atoms with van der Waals surface area (Å²) in [6.45, 7) is 4.25. The van der Waals surface area contributed by atoms with Crippen LogP contribution in [0.5, 0.6) is 5.75 Å². The predicted molar refractivity (Wildman–Crippen MR) is 152 cm³/mol. The normalized spacial score (nSPS) is 16.7. The van der Waals surface area contributed by atoms with Crippen LogP contribution in [0.3, 0.4) is 0 Å². The molecular weight excluding hydrogens is 500 g/mol. The number of aryl methyl sites for hydroxylation is 3. The van der Waals surface area contributed by atoms with Gasteiger partial charge in [-0.1, -0.05) is 82.7 Å². The predicted octanol–water partition coefficient (Wildman–Crippen LogP) is 9.63. The molecule has 1 aliphatic carbocycles. The van der Waals surface area contributed by atoms with Crippen LogP contribution in [0, 0.1) is 13.8 Å². The molecule has 1 aliphatic heterocycles. The van der Waals surface area contributed by atoms with E-state index in [9.17, 15) is 0 Å². The van der Waals surface area contributed by atoms with E-state index < -0.39 is 0 Å². The van der Waals surface area contributed by atoms with Crippen LogP contribution < -0.4 is 4.74 Å². The van der Waals surface area contributed by atoms with E-state index in [0.717, 1.165) is 24.3 Å². The van der Waals surface area contributed by atoms with Crippen molar-refractivity contribution in [3.05, 3.63) is 111 Å². The van der Waals surface area contributed by atoms with Gasteiger partial charge in [-0.15, -0.1) is 11.8 Å². The van der Waals surface area contributed by atoms with Crippen molar-refractivity contribution in [3.8, 4) is 5.75 Å². The number of ether oxygens (including phenoxy) is 1. The Labute approximate surface area is 215 Å². The fourth-order valence-electron chi connectivity index (χ4n) is 4.98. The number of benzene rings is 4. The molecule has 0 amide bonds. The molecule has 0 spiro atoms. The monoisotopic (exact) mass is 528 g/mol. The summed E-state index contributed by atoms with van der Waals surface area (Å²) < 4.78 is 7.77. The molecule has 6 rings (SSSR count). The number of hydrogen-bond acceptors (Lipinski definition) is 2. The van der Waals surface area contributed by atoms with Crippen LogP contribution in [-0.2, 0) is 6.42 Å². The van der Waals surface area contributed by atoms with Crippen LogP contribution in [0.25, 0.3) is 21.5 Å². The zero-order valence-electron chi connectivity index (χ0n) is 19.7. The summed E-state index contributed by atoms with van der Waals surface area (Å²) in [5, 5.41) is 7.38. The van der Waals surface area contributed by atoms with Gasteiger partial charge in [0.2, 0.25) is 0 Å². The van der Waals surface area contributed by atoms with Gasteiger partial charge in [-0.2, -0.15) is 0 Å². The molecule has 0 saturated carbocycles. The molecule has 1 heterocycles. The Hall–Kier alpha value is -2.49. The number of halogens is 1. The Kier molecular flexibility index (Phi) is 7.12. The van der Waals surface area contributed by atoms with Gasteiger partial charge in [-0.25, -0.2) is 0 Å². The molecule has 34 heavy (non-hydrogen) atoms. The van der Waals surface area contributed by atoms with Crippen molar-refractivity contribution in [2.45, 2.75) is 39.2 Å². The second kappa shape index (κ2) is 10.4. The van der Waals surface area contributed by atoms with E-state index in [1.54, 1.807) is 0 Å². The average Bonchev–Trinajstić information content (AvgIpc) is 2.88. The third kappa shape index (κ3) is 4.82. The van der Waals surface area contributed by atoms with Crippen LogP contribution in [0.4, 0.5) is 0 Å². The lowest BCUT2D eigenvalue weighted by molar-refractivity contribution is 0.185. The minimum Gasteiger partial charge on any atom is -0.486 e. The van der Waals surface area contributed by atoms with Crippen molar-refractivity contribution in [3.63, 3.8) is 0 Å². The van der Waals surface area contributed by atoms with E-state index in [2.05, 4.69) is 108 Å². The molecule has 0 N–H and O–H groups in total. The van der Waals surface area contributed by atoms with E-state index in [0.29, 0.717) is 0 Å². The fourth-order valence-corrected chi connectivity index (χ4v) is 5.74. The van der Waals surface area contributed by atoms with Crippen molar-refractivity contribution in [1.29, 1.82) is 0 Å². The Morgan fingerprint density at radius 3 is 2.38 bits per heavy atom. The average molecular weight is 530 g/mol. The van der Waals surface area contributed by atoms with E-state index in [1.165, 1.54) is 54.7 Å². The van der Waals surface area contributed by atoms with Crippen LogP contribution in [-0.4, -0.2) is 5.75 Å². The maximum absolute atomic E-state index is 6.60. The van der Waals surface area contributed by atoms with Gasteiger partial charge >= 0.3 is 0 Å². The largest absolute Gasteiger partial charge is 0.486 e. The van der Waals surface area contributed by atoms with Gasteiger partial charge in [0, 0.05) is 15.8 Å². The first-order valence-electron chi connectivity index (χ1n) is 11.9. The molecule has 172 valence electrons. The molecule has 1 atom stereocenters.